The van der Waals surface area contributed by atoms with Crippen LogP contribution in [-0.2, 0) is 0 Å². The molecular formula is C9H8N2O. The molecule has 0 bridgehead atoms. The maximum absolute atomic E-state index is 10.9. The van der Waals surface area contributed by atoms with Crippen molar-refractivity contribution >= 4 is 11.5 Å². The van der Waals surface area contributed by atoms with Gasteiger partial charge in [0.1, 0.15) is 0 Å². The Balaban J connectivity index is 2.97. The molecule has 3 nitrogen and oxygen atoms in total. The van der Waals surface area contributed by atoms with E-state index in [1.54, 1.807) is 30.5 Å². The van der Waals surface area contributed by atoms with E-state index >= 15 is 0 Å². The fourth-order valence-electron chi connectivity index (χ4n) is 0.880. The number of carbonyl (C=O) groups is 1. The monoisotopic (exact) mass is 160 g/mol. The maximum Gasteiger partial charge on any atom is 0.181 e. The summed E-state index contributed by atoms with van der Waals surface area (Å²) in [5.41, 5.74) is 1.25. The SMILES string of the molecule is CC(=O)c1cccc(NC#N)c1. The molecule has 1 aromatic carbocycles. The van der Waals surface area contributed by atoms with Crippen LogP contribution in [0.1, 0.15) is 17.3 Å². The zero-order chi connectivity index (χ0) is 8.97. The Morgan fingerprint density at radius 1 is 1.58 bits per heavy atom. The van der Waals surface area contributed by atoms with Crippen LogP contribution in [0.2, 0.25) is 0 Å². The Morgan fingerprint density at radius 3 is 2.92 bits per heavy atom. The van der Waals surface area contributed by atoms with Gasteiger partial charge in [-0.2, -0.15) is 5.26 Å². The Kier molecular flexibility index (Phi) is 2.44. The number of hydrogen-bond acceptors (Lipinski definition) is 3. The first-order chi connectivity index (χ1) is 5.74. The summed E-state index contributed by atoms with van der Waals surface area (Å²) in [5.74, 6) is -0.00316. The molecule has 0 saturated heterocycles. The van der Waals surface area contributed by atoms with Crippen molar-refractivity contribution in [3.8, 4) is 6.19 Å². The number of hydrogen-bond donors (Lipinski definition) is 1. The number of nitriles is 1. The highest BCUT2D eigenvalue weighted by Gasteiger charge is 1.98. The first kappa shape index (κ1) is 8.28. The molecule has 60 valence electrons. The molecule has 12 heavy (non-hydrogen) atoms. The zero-order valence-corrected chi connectivity index (χ0v) is 6.66. The normalized spacial score (nSPS) is 8.67. The van der Waals surface area contributed by atoms with Crippen molar-refractivity contribution in [2.24, 2.45) is 0 Å². The molecule has 0 aliphatic rings. The summed E-state index contributed by atoms with van der Waals surface area (Å²) >= 11 is 0. The van der Waals surface area contributed by atoms with Gasteiger partial charge in [0.25, 0.3) is 0 Å². The molecule has 1 N–H and O–H groups in total. The topological polar surface area (TPSA) is 52.9 Å². The highest BCUT2D eigenvalue weighted by atomic mass is 16.1. The van der Waals surface area contributed by atoms with Crippen molar-refractivity contribution in [1.29, 1.82) is 5.26 Å². The lowest BCUT2D eigenvalue weighted by molar-refractivity contribution is 0.101. The molecule has 0 unspecified atom stereocenters. The molecule has 0 radical (unpaired) electrons. The first-order valence-electron chi connectivity index (χ1n) is 3.50. The standard InChI is InChI=1S/C9H8N2O/c1-7(12)8-3-2-4-9(5-8)11-6-10/h2-5,11H,1H3. The van der Waals surface area contributed by atoms with Gasteiger partial charge in [0.2, 0.25) is 0 Å². The van der Waals surface area contributed by atoms with Crippen LogP contribution in [-0.4, -0.2) is 5.78 Å². The number of nitrogens with one attached hydrogen (secondary N) is 1. The summed E-state index contributed by atoms with van der Waals surface area (Å²) in [5, 5.41) is 10.8. The Hall–Kier alpha value is -1.82. The van der Waals surface area contributed by atoms with Crippen LogP contribution in [0.3, 0.4) is 0 Å². The van der Waals surface area contributed by atoms with E-state index in [9.17, 15) is 4.79 Å². The van der Waals surface area contributed by atoms with Gasteiger partial charge < -0.3 is 0 Å². The van der Waals surface area contributed by atoms with Crippen molar-refractivity contribution in [2.75, 3.05) is 5.32 Å². The number of Topliss-reactive ketones (excluding diaryl/α,β-unsaturated/α-hetero) is 1. The molecule has 1 aromatic rings. The lowest BCUT2D eigenvalue weighted by atomic mass is 10.1. The number of benzene rings is 1. The Bertz CT molecular complexity index is 339. The molecule has 0 amide bonds. The summed E-state index contributed by atoms with van der Waals surface area (Å²) in [4.78, 5) is 10.9. The molecule has 1 rings (SSSR count). The van der Waals surface area contributed by atoms with Crippen LogP contribution in [0.4, 0.5) is 5.69 Å². The minimum atomic E-state index is -0.00316. The summed E-state index contributed by atoms with van der Waals surface area (Å²) < 4.78 is 0. The van der Waals surface area contributed by atoms with Gasteiger partial charge in [0, 0.05) is 11.3 Å². The smallest absolute Gasteiger partial charge is 0.181 e. The lowest BCUT2D eigenvalue weighted by Crippen LogP contribution is -1.93. The number of nitrogens with zero attached hydrogens (tertiary/aromatic N) is 1. The number of ketones is 1. The fraction of sp³-hybridized carbons (Fsp3) is 0.111. The Morgan fingerprint density at radius 2 is 2.33 bits per heavy atom. The molecule has 3 heteroatoms. The average Bonchev–Trinajstić information content (AvgIpc) is 2.05. The van der Waals surface area contributed by atoms with Gasteiger partial charge in [-0.15, -0.1) is 0 Å². The van der Waals surface area contributed by atoms with Gasteiger partial charge in [-0.3, -0.25) is 10.1 Å². The lowest BCUT2D eigenvalue weighted by Gasteiger charge is -1.98. The molecule has 0 atom stereocenters. The van der Waals surface area contributed by atoms with Crippen molar-refractivity contribution in [3.63, 3.8) is 0 Å². The molecule has 0 aromatic heterocycles. The summed E-state index contributed by atoms with van der Waals surface area (Å²) in [6.45, 7) is 1.49. The van der Waals surface area contributed by atoms with Gasteiger partial charge in [-0.25, -0.2) is 0 Å². The Labute approximate surface area is 70.6 Å². The molecule has 0 fully saturated rings. The minimum absolute atomic E-state index is 0.00316. The summed E-state index contributed by atoms with van der Waals surface area (Å²) in [6, 6.07) is 6.82. The number of carbonyl (C=O) groups excluding carboxylic acids is 1. The second-order valence-electron chi connectivity index (χ2n) is 2.37. The van der Waals surface area contributed by atoms with Crippen molar-refractivity contribution in [2.45, 2.75) is 6.92 Å². The van der Waals surface area contributed by atoms with E-state index in [-0.39, 0.29) is 5.78 Å². The van der Waals surface area contributed by atoms with Crippen LogP contribution in [0.25, 0.3) is 0 Å². The van der Waals surface area contributed by atoms with Crippen LogP contribution < -0.4 is 5.32 Å². The summed E-state index contributed by atoms with van der Waals surface area (Å²) in [6.07, 6.45) is 1.79. The maximum atomic E-state index is 10.9. The van der Waals surface area contributed by atoms with Crippen molar-refractivity contribution < 1.29 is 4.79 Å². The molecule has 0 heterocycles. The second kappa shape index (κ2) is 3.54. The molecule has 0 aliphatic heterocycles. The predicted octanol–water partition coefficient (Wildman–Crippen LogP) is 1.78. The first-order valence-corrected chi connectivity index (χ1v) is 3.50. The third-order valence-corrected chi connectivity index (χ3v) is 1.47. The van der Waals surface area contributed by atoms with E-state index < -0.39 is 0 Å². The largest absolute Gasteiger partial charge is 0.295 e. The molecule has 0 spiro atoms. The van der Waals surface area contributed by atoms with E-state index in [0.717, 1.165) is 0 Å². The van der Waals surface area contributed by atoms with Gasteiger partial charge in [0.05, 0.1) is 0 Å². The third-order valence-electron chi connectivity index (χ3n) is 1.47. The number of rotatable bonds is 2. The third kappa shape index (κ3) is 1.83. The summed E-state index contributed by atoms with van der Waals surface area (Å²) in [7, 11) is 0. The molecule has 0 saturated carbocycles. The van der Waals surface area contributed by atoms with E-state index in [1.165, 1.54) is 6.92 Å². The minimum Gasteiger partial charge on any atom is -0.295 e. The fourth-order valence-corrected chi connectivity index (χ4v) is 0.880. The highest BCUT2D eigenvalue weighted by molar-refractivity contribution is 5.94. The van der Waals surface area contributed by atoms with Gasteiger partial charge >= 0.3 is 0 Å². The predicted molar refractivity (Wildman–Crippen MR) is 45.7 cm³/mol. The van der Waals surface area contributed by atoms with Crippen LogP contribution in [0.15, 0.2) is 24.3 Å². The van der Waals surface area contributed by atoms with E-state index in [0.29, 0.717) is 11.3 Å². The molecule has 0 aliphatic carbocycles. The second-order valence-corrected chi connectivity index (χ2v) is 2.37. The highest BCUT2D eigenvalue weighted by Crippen LogP contribution is 2.09. The van der Waals surface area contributed by atoms with Gasteiger partial charge in [0.15, 0.2) is 12.0 Å². The van der Waals surface area contributed by atoms with Crippen LogP contribution in [0, 0.1) is 11.5 Å². The van der Waals surface area contributed by atoms with Gasteiger partial charge in [-0.05, 0) is 19.1 Å². The molecular weight excluding hydrogens is 152 g/mol. The zero-order valence-electron chi connectivity index (χ0n) is 6.66. The van der Waals surface area contributed by atoms with Crippen molar-refractivity contribution in [3.05, 3.63) is 29.8 Å². The van der Waals surface area contributed by atoms with Crippen LogP contribution >= 0.6 is 0 Å². The van der Waals surface area contributed by atoms with E-state index in [1.807, 2.05) is 0 Å². The quantitative estimate of drug-likeness (QED) is 0.407. The van der Waals surface area contributed by atoms with E-state index in [4.69, 9.17) is 5.26 Å². The van der Waals surface area contributed by atoms with Crippen molar-refractivity contribution in [1.82, 2.24) is 0 Å². The number of anilines is 1. The van der Waals surface area contributed by atoms with Gasteiger partial charge in [-0.1, -0.05) is 12.1 Å². The average molecular weight is 160 g/mol. The van der Waals surface area contributed by atoms with E-state index in [2.05, 4.69) is 5.32 Å². The van der Waals surface area contributed by atoms with Crippen LogP contribution in [0.5, 0.6) is 0 Å².